The second-order valence-electron chi connectivity index (χ2n) is 7.33. The highest BCUT2D eigenvalue weighted by atomic mass is 16.2. The van der Waals surface area contributed by atoms with Gasteiger partial charge in [0.2, 0.25) is 5.78 Å². The number of nitrogens with zero attached hydrogens (tertiary/aromatic N) is 2. The Labute approximate surface area is 180 Å². The molecule has 1 heterocycles. The number of hydrogen-bond acceptors (Lipinski definition) is 5. The number of hydrogen-bond donors (Lipinski definition) is 2. The van der Waals surface area contributed by atoms with Crippen molar-refractivity contribution in [2.24, 2.45) is 10.2 Å². The van der Waals surface area contributed by atoms with Crippen molar-refractivity contribution < 1.29 is 9.59 Å². The maximum absolute atomic E-state index is 13.2. The number of benzene rings is 3. The minimum atomic E-state index is -0.750. The SMILES string of the molecule is Cc1ccc(C(=O)C2=NNC(C(=O)N/N=C/c3ccccc3)C2c2ccccc2)cc1. The number of carbonyl (C=O) groups excluding carboxylic acids is 2. The van der Waals surface area contributed by atoms with E-state index >= 15 is 0 Å². The van der Waals surface area contributed by atoms with E-state index in [4.69, 9.17) is 0 Å². The molecule has 0 saturated carbocycles. The lowest BCUT2D eigenvalue weighted by Gasteiger charge is -2.19. The number of ketones is 1. The molecule has 0 aliphatic carbocycles. The van der Waals surface area contributed by atoms with E-state index in [-0.39, 0.29) is 11.7 Å². The molecule has 0 spiro atoms. The van der Waals surface area contributed by atoms with Gasteiger partial charge >= 0.3 is 0 Å². The Kier molecular flexibility index (Phi) is 5.98. The van der Waals surface area contributed by atoms with Crippen LogP contribution in [0.5, 0.6) is 0 Å². The van der Waals surface area contributed by atoms with Gasteiger partial charge in [0.15, 0.2) is 0 Å². The second-order valence-corrected chi connectivity index (χ2v) is 7.33. The Morgan fingerprint density at radius 1 is 0.935 bits per heavy atom. The molecule has 1 amide bonds. The van der Waals surface area contributed by atoms with Crippen molar-refractivity contribution in [2.75, 3.05) is 0 Å². The fraction of sp³-hybridized carbons (Fsp3) is 0.120. The number of nitrogens with one attached hydrogen (secondary N) is 2. The van der Waals surface area contributed by atoms with Gasteiger partial charge in [-0.15, -0.1) is 0 Å². The molecule has 31 heavy (non-hydrogen) atoms. The van der Waals surface area contributed by atoms with E-state index in [0.29, 0.717) is 11.3 Å². The van der Waals surface area contributed by atoms with E-state index in [0.717, 1.165) is 16.7 Å². The standard InChI is InChI=1S/C25H22N4O2/c1-17-12-14-20(15-13-17)24(30)22-21(19-10-6-3-7-11-19)23(28-27-22)25(31)29-26-16-18-8-4-2-5-9-18/h2-16,21,23,28H,1H3,(H,29,31)/b26-16+. The molecule has 2 N–H and O–H groups in total. The normalized spacial score (nSPS) is 17.8. The Hall–Kier alpha value is -4.06. The van der Waals surface area contributed by atoms with Gasteiger partial charge in [-0.1, -0.05) is 90.5 Å². The molecule has 2 unspecified atom stereocenters. The predicted octanol–water partition coefficient (Wildman–Crippen LogP) is 3.44. The van der Waals surface area contributed by atoms with Crippen LogP contribution in [0.4, 0.5) is 0 Å². The van der Waals surface area contributed by atoms with Gasteiger partial charge in [-0.3, -0.25) is 15.0 Å². The highest BCUT2D eigenvalue weighted by molar-refractivity contribution is 6.48. The Bertz CT molecular complexity index is 1120. The Morgan fingerprint density at radius 3 is 2.26 bits per heavy atom. The van der Waals surface area contributed by atoms with Crippen LogP contribution in [0, 0.1) is 6.92 Å². The molecule has 4 rings (SSSR count). The lowest BCUT2D eigenvalue weighted by molar-refractivity contribution is -0.123. The summed E-state index contributed by atoms with van der Waals surface area (Å²) in [6.45, 7) is 1.96. The van der Waals surface area contributed by atoms with Crippen LogP contribution < -0.4 is 10.9 Å². The number of rotatable bonds is 6. The van der Waals surface area contributed by atoms with Crippen molar-refractivity contribution >= 4 is 23.6 Å². The average Bonchev–Trinajstić information content (AvgIpc) is 3.26. The van der Waals surface area contributed by atoms with Gasteiger partial charge in [0, 0.05) is 5.56 Å². The summed E-state index contributed by atoms with van der Waals surface area (Å²) in [5.41, 5.74) is 9.02. The van der Waals surface area contributed by atoms with Crippen molar-refractivity contribution in [3.63, 3.8) is 0 Å². The third-order valence-electron chi connectivity index (χ3n) is 5.13. The van der Waals surface area contributed by atoms with Gasteiger partial charge in [0.1, 0.15) is 11.8 Å². The molecule has 0 saturated heterocycles. The van der Waals surface area contributed by atoms with Crippen LogP contribution in [0.2, 0.25) is 0 Å². The smallest absolute Gasteiger partial charge is 0.265 e. The molecule has 6 nitrogen and oxygen atoms in total. The molecule has 2 atom stereocenters. The molecule has 1 aliphatic heterocycles. The molecular weight excluding hydrogens is 388 g/mol. The van der Waals surface area contributed by atoms with Crippen LogP contribution in [0.15, 0.2) is 95.1 Å². The number of carbonyl (C=O) groups is 2. The fourth-order valence-electron chi connectivity index (χ4n) is 3.49. The van der Waals surface area contributed by atoms with Crippen LogP contribution >= 0.6 is 0 Å². The maximum Gasteiger partial charge on any atom is 0.265 e. The first-order valence-corrected chi connectivity index (χ1v) is 10.0. The highest BCUT2D eigenvalue weighted by Crippen LogP contribution is 2.28. The Balaban J connectivity index is 1.56. The molecule has 154 valence electrons. The van der Waals surface area contributed by atoms with E-state index < -0.39 is 12.0 Å². The number of aryl methyl sites for hydroxylation is 1. The molecule has 0 fully saturated rings. The Morgan fingerprint density at radius 2 is 1.58 bits per heavy atom. The highest BCUT2D eigenvalue weighted by Gasteiger charge is 2.41. The summed E-state index contributed by atoms with van der Waals surface area (Å²) in [4.78, 5) is 26.1. The molecule has 0 bridgehead atoms. The summed E-state index contributed by atoms with van der Waals surface area (Å²) in [6.07, 6.45) is 1.57. The van der Waals surface area contributed by atoms with Crippen molar-refractivity contribution in [3.05, 3.63) is 107 Å². The lowest BCUT2D eigenvalue weighted by Crippen LogP contribution is -2.43. The quantitative estimate of drug-likeness (QED) is 0.371. The van der Waals surface area contributed by atoms with Crippen molar-refractivity contribution in [1.82, 2.24) is 10.9 Å². The molecule has 1 aliphatic rings. The van der Waals surface area contributed by atoms with Gasteiger partial charge in [-0.05, 0) is 18.1 Å². The van der Waals surface area contributed by atoms with Crippen LogP contribution in [-0.2, 0) is 4.79 Å². The molecular formula is C25H22N4O2. The number of hydrazone groups is 2. The van der Waals surface area contributed by atoms with E-state index in [1.165, 1.54) is 0 Å². The van der Waals surface area contributed by atoms with Crippen LogP contribution in [0.3, 0.4) is 0 Å². The predicted molar refractivity (Wildman–Crippen MR) is 121 cm³/mol. The summed E-state index contributed by atoms with van der Waals surface area (Å²) in [5.74, 6) is -1.09. The molecule has 3 aromatic rings. The summed E-state index contributed by atoms with van der Waals surface area (Å²) in [6, 6.07) is 25.5. The van der Waals surface area contributed by atoms with Crippen molar-refractivity contribution in [1.29, 1.82) is 0 Å². The van der Waals surface area contributed by atoms with E-state index in [1.54, 1.807) is 18.3 Å². The zero-order valence-corrected chi connectivity index (χ0v) is 17.0. The molecule has 3 aromatic carbocycles. The third kappa shape index (κ3) is 4.59. The maximum atomic E-state index is 13.2. The summed E-state index contributed by atoms with van der Waals surface area (Å²) in [7, 11) is 0. The number of Topliss-reactive ketones (excluding diaryl/α,β-unsaturated/α-hetero) is 1. The van der Waals surface area contributed by atoms with Gasteiger partial charge in [0.05, 0.1) is 12.1 Å². The van der Waals surface area contributed by atoms with Crippen LogP contribution in [0.1, 0.15) is 33.0 Å². The number of amides is 1. The van der Waals surface area contributed by atoms with E-state index in [1.807, 2.05) is 79.7 Å². The topological polar surface area (TPSA) is 82.9 Å². The van der Waals surface area contributed by atoms with Crippen molar-refractivity contribution in [2.45, 2.75) is 18.9 Å². The first kappa shape index (κ1) is 20.2. The molecule has 0 aromatic heterocycles. The first-order chi connectivity index (χ1) is 15.1. The second kappa shape index (κ2) is 9.17. The lowest BCUT2D eigenvalue weighted by atomic mass is 9.85. The third-order valence-corrected chi connectivity index (χ3v) is 5.13. The minimum absolute atomic E-state index is 0.204. The van der Waals surface area contributed by atoms with Crippen LogP contribution in [-0.4, -0.2) is 29.7 Å². The first-order valence-electron chi connectivity index (χ1n) is 10.0. The van der Waals surface area contributed by atoms with Gasteiger partial charge in [-0.25, -0.2) is 5.43 Å². The van der Waals surface area contributed by atoms with E-state index in [2.05, 4.69) is 21.1 Å². The summed E-state index contributed by atoms with van der Waals surface area (Å²) in [5, 5.41) is 8.32. The summed E-state index contributed by atoms with van der Waals surface area (Å²) >= 11 is 0. The summed E-state index contributed by atoms with van der Waals surface area (Å²) < 4.78 is 0. The van der Waals surface area contributed by atoms with Crippen LogP contribution in [0.25, 0.3) is 0 Å². The van der Waals surface area contributed by atoms with Crippen molar-refractivity contribution in [3.8, 4) is 0 Å². The van der Waals surface area contributed by atoms with Gasteiger partial charge in [-0.2, -0.15) is 10.2 Å². The molecule has 6 heteroatoms. The zero-order valence-electron chi connectivity index (χ0n) is 17.0. The largest absolute Gasteiger partial charge is 0.296 e. The minimum Gasteiger partial charge on any atom is -0.296 e. The molecule has 0 radical (unpaired) electrons. The zero-order chi connectivity index (χ0) is 21.6. The average molecular weight is 410 g/mol. The fourth-order valence-corrected chi connectivity index (χ4v) is 3.49. The van der Waals surface area contributed by atoms with Gasteiger partial charge < -0.3 is 0 Å². The van der Waals surface area contributed by atoms with Gasteiger partial charge in [0.25, 0.3) is 5.91 Å². The monoisotopic (exact) mass is 410 g/mol. The van der Waals surface area contributed by atoms with E-state index in [9.17, 15) is 9.59 Å².